The average molecular weight is 345 g/mol. The topological polar surface area (TPSA) is 73.8 Å². The van der Waals surface area contributed by atoms with E-state index in [1.807, 2.05) is 24.3 Å². The van der Waals surface area contributed by atoms with Crippen molar-refractivity contribution in [2.45, 2.75) is 60.6 Å². The Morgan fingerprint density at radius 1 is 1.16 bits per heavy atom. The summed E-state index contributed by atoms with van der Waals surface area (Å²) in [5.41, 5.74) is 1.13. The molecule has 0 saturated heterocycles. The highest BCUT2D eigenvalue weighted by molar-refractivity contribution is 5.96. The number of hydrogen-bond acceptors (Lipinski definition) is 4. The smallest absolute Gasteiger partial charge is 0.228 e. The van der Waals surface area contributed by atoms with E-state index in [1.165, 1.54) is 0 Å². The van der Waals surface area contributed by atoms with Crippen molar-refractivity contribution >= 4 is 17.7 Å². The SMILES string of the molecule is CC(C)(C)OC([O-])=NCc1ccc(NC(=O)C2C(C)(C)C2(C)C)cc1. The Labute approximate surface area is 150 Å². The van der Waals surface area contributed by atoms with Gasteiger partial charge in [-0.3, -0.25) is 9.79 Å². The Bertz CT molecular complexity index is 653. The van der Waals surface area contributed by atoms with Crippen LogP contribution in [0.15, 0.2) is 29.3 Å². The molecule has 1 aliphatic rings. The van der Waals surface area contributed by atoms with E-state index < -0.39 is 11.7 Å². The average Bonchev–Trinajstić information content (AvgIpc) is 2.86. The highest BCUT2D eigenvalue weighted by Gasteiger charge is 2.68. The van der Waals surface area contributed by atoms with Gasteiger partial charge in [0.25, 0.3) is 0 Å². The number of nitrogens with one attached hydrogen (secondary N) is 1. The number of rotatable bonds is 4. The normalized spacial score (nSPS) is 19.4. The van der Waals surface area contributed by atoms with Crippen molar-refractivity contribution < 1.29 is 14.6 Å². The summed E-state index contributed by atoms with van der Waals surface area (Å²) >= 11 is 0. The minimum absolute atomic E-state index is 0.0156. The fourth-order valence-corrected chi connectivity index (χ4v) is 3.21. The molecule has 0 radical (unpaired) electrons. The maximum Gasteiger partial charge on any atom is 0.228 e. The first-order chi connectivity index (χ1) is 11.3. The lowest BCUT2D eigenvalue weighted by molar-refractivity contribution is -0.260. The molecule has 1 aliphatic carbocycles. The van der Waals surface area contributed by atoms with E-state index in [0.29, 0.717) is 0 Å². The number of ether oxygens (including phenoxy) is 1. The van der Waals surface area contributed by atoms with Crippen LogP contribution in [0.3, 0.4) is 0 Å². The second-order valence-corrected chi connectivity index (χ2v) is 8.86. The Balaban J connectivity index is 1.93. The Hall–Kier alpha value is -2.04. The van der Waals surface area contributed by atoms with Crippen molar-refractivity contribution in [2.24, 2.45) is 21.7 Å². The molecule has 5 heteroatoms. The molecule has 2 rings (SSSR count). The van der Waals surface area contributed by atoms with Gasteiger partial charge >= 0.3 is 0 Å². The molecule has 0 atom stereocenters. The van der Waals surface area contributed by atoms with Crippen LogP contribution in [0.5, 0.6) is 0 Å². The molecule has 0 heterocycles. The van der Waals surface area contributed by atoms with E-state index >= 15 is 0 Å². The zero-order valence-corrected chi connectivity index (χ0v) is 16.3. The van der Waals surface area contributed by atoms with E-state index in [0.717, 1.165) is 11.3 Å². The van der Waals surface area contributed by atoms with Crippen LogP contribution in [0, 0.1) is 16.7 Å². The number of nitrogens with zero attached hydrogens (tertiary/aromatic N) is 1. The molecular formula is C20H29N2O3-. The third kappa shape index (κ3) is 4.33. The summed E-state index contributed by atoms with van der Waals surface area (Å²) in [5, 5.41) is 14.6. The zero-order chi connectivity index (χ0) is 19.0. The molecule has 5 nitrogen and oxygen atoms in total. The van der Waals surface area contributed by atoms with Gasteiger partial charge in [-0.05, 0) is 28.5 Å². The van der Waals surface area contributed by atoms with Crippen LogP contribution in [-0.2, 0) is 16.1 Å². The van der Waals surface area contributed by atoms with Crippen molar-refractivity contribution in [1.29, 1.82) is 0 Å². The molecule has 1 saturated carbocycles. The highest BCUT2D eigenvalue weighted by atomic mass is 16.6. The molecule has 1 aromatic rings. The number of benzene rings is 1. The van der Waals surface area contributed by atoms with Gasteiger partial charge < -0.3 is 15.2 Å². The first-order valence-electron chi connectivity index (χ1n) is 8.65. The lowest BCUT2D eigenvalue weighted by Crippen LogP contribution is -2.31. The third-order valence-corrected chi connectivity index (χ3v) is 5.29. The predicted octanol–water partition coefficient (Wildman–Crippen LogP) is 3.34. The maximum atomic E-state index is 12.4. The van der Waals surface area contributed by atoms with Crippen LogP contribution in [0.4, 0.5) is 5.69 Å². The van der Waals surface area contributed by atoms with Crippen LogP contribution in [0.2, 0.25) is 0 Å². The molecule has 0 aromatic heterocycles. The van der Waals surface area contributed by atoms with Gasteiger partial charge in [0, 0.05) is 17.2 Å². The monoisotopic (exact) mass is 345 g/mol. The molecule has 25 heavy (non-hydrogen) atoms. The summed E-state index contributed by atoms with van der Waals surface area (Å²) in [6, 6.07) is 7.37. The Kier molecular flexibility index (Phi) is 4.90. The number of carbonyl (C=O) groups is 1. The second-order valence-electron chi connectivity index (χ2n) is 8.86. The van der Waals surface area contributed by atoms with E-state index in [9.17, 15) is 9.90 Å². The summed E-state index contributed by atoms with van der Waals surface area (Å²) in [6.07, 6.45) is -0.567. The van der Waals surface area contributed by atoms with Crippen LogP contribution in [0.25, 0.3) is 0 Å². The summed E-state index contributed by atoms with van der Waals surface area (Å²) in [4.78, 5) is 16.3. The fraction of sp³-hybridized carbons (Fsp3) is 0.600. The van der Waals surface area contributed by atoms with Crippen molar-refractivity contribution in [3.8, 4) is 0 Å². The highest BCUT2D eigenvalue weighted by Crippen LogP contribution is 2.68. The first kappa shape index (κ1) is 19.3. The largest absolute Gasteiger partial charge is 0.595 e. The first-order valence-corrected chi connectivity index (χ1v) is 8.65. The fourth-order valence-electron chi connectivity index (χ4n) is 3.21. The molecule has 0 unspecified atom stereocenters. The van der Waals surface area contributed by atoms with Crippen molar-refractivity contribution in [1.82, 2.24) is 0 Å². The van der Waals surface area contributed by atoms with Gasteiger partial charge in [-0.25, -0.2) is 0 Å². The summed E-state index contributed by atoms with van der Waals surface area (Å²) < 4.78 is 5.15. The maximum absolute atomic E-state index is 12.4. The van der Waals surface area contributed by atoms with Gasteiger partial charge in [-0.15, -0.1) is 0 Å². The summed E-state index contributed by atoms with van der Waals surface area (Å²) in [7, 11) is 0. The quantitative estimate of drug-likeness (QED) is 0.672. The van der Waals surface area contributed by atoms with Gasteiger partial charge in [0.2, 0.25) is 5.91 Å². The molecule has 138 valence electrons. The van der Waals surface area contributed by atoms with Crippen LogP contribution in [0.1, 0.15) is 54.0 Å². The van der Waals surface area contributed by atoms with Crippen LogP contribution in [-0.4, -0.2) is 17.6 Å². The number of aliphatic imine (C=N–C) groups is 1. The summed E-state index contributed by atoms with van der Waals surface area (Å²) in [6.45, 7) is 14.2. The van der Waals surface area contributed by atoms with Crippen LogP contribution >= 0.6 is 0 Å². The van der Waals surface area contributed by atoms with E-state index in [4.69, 9.17) is 4.74 Å². The van der Waals surface area contributed by atoms with Gasteiger partial charge in [-0.1, -0.05) is 60.6 Å². The Morgan fingerprint density at radius 3 is 2.12 bits per heavy atom. The van der Waals surface area contributed by atoms with Gasteiger partial charge in [-0.2, -0.15) is 0 Å². The summed E-state index contributed by atoms with van der Waals surface area (Å²) in [5.74, 6) is 0.0723. The molecular weight excluding hydrogens is 316 g/mol. The molecule has 0 aliphatic heterocycles. The van der Waals surface area contributed by atoms with Gasteiger partial charge in [0.1, 0.15) is 6.08 Å². The van der Waals surface area contributed by atoms with Gasteiger partial charge in [0.15, 0.2) is 0 Å². The van der Waals surface area contributed by atoms with E-state index in [1.54, 1.807) is 20.8 Å². The molecule has 1 fully saturated rings. The number of hydrogen-bond donors (Lipinski definition) is 1. The van der Waals surface area contributed by atoms with Crippen molar-refractivity contribution in [2.75, 3.05) is 5.32 Å². The third-order valence-electron chi connectivity index (χ3n) is 5.29. The van der Waals surface area contributed by atoms with Crippen molar-refractivity contribution in [3.63, 3.8) is 0 Å². The minimum Gasteiger partial charge on any atom is -0.595 e. The predicted molar refractivity (Wildman–Crippen MR) is 98.1 cm³/mol. The number of anilines is 1. The van der Waals surface area contributed by atoms with Gasteiger partial charge in [0.05, 0.1) is 6.54 Å². The molecule has 0 bridgehead atoms. The molecule has 1 amide bonds. The zero-order valence-electron chi connectivity index (χ0n) is 16.3. The standard InChI is InChI=1S/C20H30N2O3/c1-18(2,3)25-17(24)21-12-13-8-10-14(11-9-13)22-16(23)15-19(4,5)20(15,6)7/h8-11,15H,12H2,1-7H3,(H,21,24)(H,22,23)/p-1. The number of carbonyl (C=O) groups excluding carboxylic acids is 1. The minimum atomic E-state index is -0.567. The second kappa shape index (κ2) is 6.36. The van der Waals surface area contributed by atoms with E-state index in [2.05, 4.69) is 38.0 Å². The molecule has 1 aromatic carbocycles. The Morgan fingerprint density at radius 2 is 1.68 bits per heavy atom. The lowest BCUT2D eigenvalue weighted by atomic mass is 10.0. The van der Waals surface area contributed by atoms with Crippen LogP contribution < -0.4 is 10.4 Å². The van der Waals surface area contributed by atoms with E-state index in [-0.39, 0.29) is 29.2 Å². The lowest BCUT2D eigenvalue weighted by Gasteiger charge is -2.29. The molecule has 0 spiro atoms. The van der Waals surface area contributed by atoms with Crippen molar-refractivity contribution in [3.05, 3.63) is 29.8 Å². The molecule has 1 N–H and O–H groups in total. The number of amides is 1.